The number of nitrogens with one attached hydrogen (secondary N) is 2. The fraction of sp³-hybridized carbons (Fsp3) is 0.286. The summed E-state index contributed by atoms with van der Waals surface area (Å²) in [6, 6.07) is 10.4. The summed E-state index contributed by atoms with van der Waals surface area (Å²) in [5.74, 6) is 0.549. The van der Waals surface area contributed by atoms with Crippen LogP contribution in [-0.2, 0) is 6.54 Å². The first-order valence-electron chi connectivity index (χ1n) is 13.0. The van der Waals surface area contributed by atoms with Crippen LogP contribution in [0.5, 0.6) is 0 Å². The van der Waals surface area contributed by atoms with E-state index >= 15 is 0 Å². The van der Waals surface area contributed by atoms with Gasteiger partial charge in [-0.2, -0.15) is 0 Å². The van der Waals surface area contributed by atoms with Gasteiger partial charge in [-0.1, -0.05) is 6.07 Å². The van der Waals surface area contributed by atoms with Crippen LogP contribution in [0.25, 0.3) is 28.5 Å². The van der Waals surface area contributed by atoms with Gasteiger partial charge in [-0.15, -0.1) is 0 Å². The van der Waals surface area contributed by atoms with Crippen LogP contribution >= 0.6 is 0 Å². The van der Waals surface area contributed by atoms with Crippen LogP contribution < -0.4 is 16.4 Å². The summed E-state index contributed by atoms with van der Waals surface area (Å²) < 4.78 is 7.44. The number of pyridine rings is 2. The van der Waals surface area contributed by atoms with Gasteiger partial charge in [-0.05, 0) is 58.1 Å². The number of carbonyl (C=O) groups excluding carboxylic acids is 1. The Morgan fingerprint density at radius 1 is 1.12 bits per heavy atom. The molecule has 4 N–H and O–H groups in total. The normalized spacial score (nSPS) is 16.7. The molecule has 1 aliphatic rings. The van der Waals surface area contributed by atoms with Gasteiger partial charge in [0.05, 0.1) is 18.4 Å². The van der Waals surface area contributed by atoms with E-state index in [1.807, 2.05) is 47.9 Å². The van der Waals surface area contributed by atoms with E-state index in [1.54, 1.807) is 6.20 Å². The monoisotopic (exact) mass is 538 g/mol. The molecule has 0 aromatic carbocycles. The topological polar surface area (TPSA) is 152 Å². The maximum atomic E-state index is 13.3. The van der Waals surface area contributed by atoms with Gasteiger partial charge < -0.3 is 30.1 Å². The number of nitrogens with two attached hydrogens (primary N) is 1. The second-order valence-corrected chi connectivity index (χ2v) is 10.2. The first-order chi connectivity index (χ1) is 19.4. The van der Waals surface area contributed by atoms with Gasteiger partial charge in [-0.25, -0.2) is 24.9 Å². The second-order valence-electron chi connectivity index (χ2n) is 10.2. The van der Waals surface area contributed by atoms with E-state index in [0.29, 0.717) is 34.7 Å². The number of aryl methyl sites for hydroxylation is 1. The molecule has 1 saturated carbocycles. The largest absolute Gasteiger partial charge is 0.443 e. The minimum absolute atomic E-state index is 0.00577. The quantitative estimate of drug-likeness (QED) is 0.268. The van der Waals surface area contributed by atoms with Gasteiger partial charge >= 0.3 is 0 Å². The van der Waals surface area contributed by atoms with Gasteiger partial charge in [0.15, 0.2) is 17.2 Å². The molecule has 40 heavy (non-hydrogen) atoms. The Hall–Kier alpha value is -4.84. The van der Waals surface area contributed by atoms with Crippen molar-refractivity contribution in [2.24, 2.45) is 0 Å². The van der Waals surface area contributed by atoms with Crippen LogP contribution in [0, 0.1) is 6.92 Å². The van der Waals surface area contributed by atoms with Gasteiger partial charge in [-0.3, -0.25) is 4.79 Å². The van der Waals surface area contributed by atoms with Crippen LogP contribution in [0.3, 0.4) is 0 Å². The Kier molecular flexibility index (Phi) is 6.60. The lowest BCUT2D eigenvalue weighted by molar-refractivity contribution is 0.0946. The molecule has 12 heteroatoms. The van der Waals surface area contributed by atoms with Crippen molar-refractivity contribution in [2.45, 2.75) is 38.4 Å². The molecule has 6 rings (SSSR count). The van der Waals surface area contributed by atoms with Crippen molar-refractivity contribution in [1.29, 1.82) is 0 Å². The standard InChI is InChI=1S/C28H30N10O2/c1-16-13-31-22-8-7-17(15-38(16)22)23-24(28-30-9-10-40-28)36-26(29)25(35-23)27(39)32-14-18-5-4-6-21(33-18)34-19-11-20(12-19)37(2)3/h4-10,13,15,19-20H,11-12,14H2,1-3H3,(H2,29,36)(H,32,39)(H,33,34)/t19-,20-. The molecule has 12 nitrogen and oxygen atoms in total. The molecule has 5 heterocycles. The summed E-state index contributed by atoms with van der Waals surface area (Å²) in [7, 11) is 4.20. The lowest BCUT2D eigenvalue weighted by Gasteiger charge is -2.40. The summed E-state index contributed by atoms with van der Waals surface area (Å²) >= 11 is 0. The summed E-state index contributed by atoms with van der Waals surface area (Å²) in [6.45, 7) is 2.16. The van der Waals surface area contributed by atoms with E-state index in [2.05, 4.69) is 54.5 Å². The number of hydrogen-bond donors (Lipinski definition) is 3. The van der Waals surface area contributed by atoms with Crippen molar-refractivity contribution < 1.29 is 9.21 Å². The predicted octanol–water partition coefficient (Wildman–Crippen LogP) is 3.17. The molecule has 1 amide bonds. The molecular weight excluding hydrogens is 508 g/mol. The Labute approximate surface area is 230 Å². The fourth-order valence-electron chi connectivity index (χ4n) is 4.80. The van der Waals surface area contributed by atoms with E-state index in [9.17, 15) is 4.79 Å². The molecule has 1 fully saturated rings. The molecule has 0 spiro atoms. The smallest absolute Gasteiger partial charge is 0.274 e. The molecule has 5 aromatic rings. The number of anilines is 2. The van der Waals surface area contributed by atoms with E-state index < -0.39 is 5.91 Å². The molecular formula is C28H30N10O2. The summed E-state index contributed by atoms with van der Waals surface area (Å²) in [5, 5.41) is 6.36. The van der Waals surface area contributed by atoms with Gasteiger partial charge in [0.25, 0.3) is 5.91 Å². The van der Waals surface area contributed by atoms with Crippen LogP contribution in [0.1, 0.15) is 34.7 Å². The number of hydrogen-bond acceptors (Lipinski definition) is 10. The molecule has 0 bridgehead atoms. The van der Waals surface area contributed by atoms with Crippen molar-refractivity contribution in [2.75, 3.05) is 25.1 Å². The average Bonchev–Trinajstić information content (AvgIpc) is 3.59. The van der Waals surface area contributed by atoms with Gasteiger partial charge in [0.1, 0.15) is 23.4 Å². The number of nitrogen functional groups attached to an aromatic ring is 1. The number of nitrogens with zero attached hydrogens (tertiary/aromatic N) is 7. The van der Waals surface area contributed by atoms with E-state index in [0.717, 1.165) is 30.0 Å². The molecule has 0 saturated heterocycles. The fourth-order valence-corrected chi connectivity index (χ4v) is 4.80. The van der Waals surface area contributed by atoms with E-state index in [4.69, 9.17) is 10.2 Å². The van der Waals surface area contributed by atoms with Gasteiger partial charge in [0.2, 0.25) is 5.89 Å². The first kappa shape index (κ1) is 25.4. The lowest BCUT2D eigenvalue weighted by Crippen LogP contribution is -2.47. The molecule has 1 aliphatic carbocycles. The number of rotatable bonds is 8. The first-order valence-corrected chi connectivity index (χ1v) is 13.0. The third kappa shape index (κ3) is 4.96. The Morgan fingerprint density at radius 3 is 2.75 bits per heavy atom. The molecule has 5 aromatic heterocycles. The van der Waals surface area contributed by atoms with Crippen LogP contribution in [-0.4, -0.2) is 66.3 Å². The minimum Gasteiger partial charge on any atom is -0.443 e. The second kappa shape index (κ2) is 10.4. The molecule has 204 valence electrons. The summed E-state index contributed by atoms with van der Waals surface area (Å²) in [6.07, 6.45) is 8.79. The van der Waals surface area contributed by atoms with E-state index in [1.165, 1.54) is 12.5 Å². The number of oxazole rings is 1. The Balaban J connectivity index is 1.23. The van der Waals surface area contributed by atoms with Crippen molar-refractivity contribution in [1.82, 2.24) is 39.5 Å². The highest BCUT2D eigenvalue weighted by Crippen LogP contribution is 2.31. The number of carbonyl (C=O) groups is 1. The van der Waals surface area contributed by atoms with Crippen molar-refractivity contribution in [3.63, 3.8) is 0 Å². The number of aromatic nitrogens is 6. The highest BCUT2D eigenvalue weighted by Gasteiger charge is 2.30. The molecule has 0 aliphatic heterocycles. The highest BCUT2D eigenvalue weighted by atomic mass is 16.3. The SMILES string of the molecule is Cc1cnc2ccc(-c3nc(C(=O)NCc4cccc(N[C@H]5C[C@H](N(C)C)C5)n4)c(N)nc3-c3ncco3)cn12. The third-order valence-electron chi connectivity index (χ3n) is 7.17. The lowest BCUT2D eigenvalue weighted by atomic mass is 9.86. The summed E-state index contributed by atoms with van der Waals surface area (Å²) in [4.78, 5) is 37.9. The van der Waals surface area contributed by atoms with Crippen LogP contribution in [0.4, 0.5) is 11.6 Å². The highest BCUT2D eigenvalue weighted by molar-refractivity contribution is 5.97. The Morgan fingerprint density at radius 2 is 1.98 bits per heavy atom. The maximum absolute atomic E-state index is 13.3. The van der Waals surface area contributed by atoms with Crippen molar-refractivity contribution in [3.05, 3.63) is 72.3 Å². The average molecular weight is 539 g/mol. The number of amides is 1. The van der Waals surface area contributed by atoms with E-state index in [-0.39, 0.29) is 23.9 Å². The zero-order chi connectivity index (χ0) is 27.8. The molecule has 0 radical (unpaired) electrons. The predicted molar refractivity (Wildman–Crippen MR) is 150 cm³/mol. The third-order valence-corrected chi connectivity index (χ3v) is 7.17. The molecule has 0 atom stereocenters. The van der Waals surface area contributed by atoms with Crippen LogP contribution in [0.15, 0.2) is 59.6 Å². The molecule has 0 unspecified atom stereocenters. The summed E-state index contributed by atoms with van der Waals surface area (Å²) in [5.41, 5.74) is 10.1. The maximum Gasteiger partial charge on any atom is 0.274 e. The number of imidazole rings is 1. The van der Waals surface area contributed by atoms with Gasteiger partial charge in [0, 0.05) is 35.7 Å². The zero-order valence-corrected chi connectivity index (χ0v) is 22.5. The van der Waals surface area contributed by atoms with Crippen molar-refractivity contribution >= 4 is 23.2 Å². The minimum atomic E-state index is -0.460. The van der Waals surface area contributed by atoms with Crippen LogP contribution in [0.2, 0.25) is 0 Å². The van der Waals surface area contributed by atoms with Crippen molar-refractivity contribution in [3.8, 4) is 22.8 Å². The number of fused-ring (bicyclic) bond motifs is 1. The Bertz CT molecular complexity index is 1670. The zero-order valence-electron chi connectivity index (χ0n) is 22.5.